The summed E-state index contributed by atoms with van der Waals surface area (Å²) in [5, 5.41) is 15.6. The highest BCUT2D eigenvalue weighted by Crippen LogP contribution is 2.39. The van der Waals surface area contributed by atoms with Crippen molar-refractivity contribution in [1.82, 2.24) is 10.6 Å². The lowest BCUT2D eigenvalue weighted by molar-refractivity contribution is -0.121. The molecule has 0 bridgehead atoms. The third-order valence-corrected chi connectivity index (χ3v) is 4.49. The van der Waals surface area contributed by atoms with Gasteiger partial charge in [-0.25, -0.2) is 0 Å². The van der Waals surface area contributed by atoms with Crippen LogP contribution in [0.3, 0.4) is 0 Å². The van der Waals surface area contributed by atoms with Crippen LogP contribution in [-0.2, 0) is 4.79 Å². The van der Waals surface area contributed by atoms with E-state index in [4.69, 9.17) is 0 Å². The molecule has 0 unspecified atom stereocenters. The van der Waals surface area contributed by atoms with E-state index in [9.17, 15) is 10.1 Å². The minimum atomic E-state index is -0.733. The van der Waals surface area contributed by atoms with E-state index in [0.29, 0.717) is 5.92 Å². The summed E-state index contributed by atoms with van der Waals surface area (Å²) in [5.74, 6) is 0.176. The van der Waals surface area contributed by atoms with Crippen LogP contribution in [0.25, 0.3) is 0 Å². The molecule has 2 rings (SSSR count). The molecule has 1 aromatic carbocycles. The van der Waals surface area contributed by atoms with Gasteiger partial charge in [0, 0.05) is 6.04 Å². The predicted molar refractivity (Wildman–Crippen MR) is 91.5 cm³/mol. The zero-order valence-electron chi connectivity index (χ0n) is 14.5. The number of hydrogen-bond donors (Lipinski definition) is 2. The van der Waals surface area contributed by atoms with Crippen LogP contribution < -0.4 is 10.6 Å². The second-order valence-corrected chi connectivity index (χ2v) is 7.73. The Hall–Kier alpha value is -1.86. The maximum atomic E-state index is 12.3. The van der Waals surface area contributed by atoms with Crippen LogP contribution in [0.15, 0.2) is 30.3 Å². The van der Waals surface area contributed by atoms with Crippen molar-refractivity contribution in [3.63, 3.8) is 0 Å². The second-order valence-electron chi connectivity index (χ2n) is 7.73. The van der Waals surface area contributed by atoms with Gasteiger partial charge in [0.05, 0.1) is 12.6 Å². The molecular weight excluding hydrogens is 286 g/mol. The molecule has 0 aromatic heterocycles. The molecule has 124 valence electrons. The van der Waals surface area contributed by atoms with Gasteiger partial charge in [0.25, 0.3) is 0 Å². The molecule has 0 radical (unpaired) electrons. The number of carbonyl (C=O) groups excluding carboxylic acids is 1. The van der Waals surface area contributed by atoms with Crippen LogP contribution in [0, 0.1) is 22.7 Å². The number of nitrogens with one attached hydrogen (secondary N) is 2. The first-order valence-electron chi connectivity index (χ1n) is 8.27. The summed E-state index contributed by atoms with van der Waals surface area (Å²) in [6, 6.07) is 12.5. The van der Waals surface area contributed by atoms with Crippen molar-refractivity contribution < 1.29 is 4.79 Å². The zero-order chi connectivity index (χ0) is 17.1. The van der Waals surface area contributed by atoms with Crippen LogP contribution in [-0.4, -0.2) is 18.0 Å². The summed E-state index contributed by atoms with van der Waals surface area (Å²) in [4.78, 5) is 12.3. The summed E-state index contributed by atoms with van der Waals surface area (Å²) >= 11 is 0. The van der Waals surface area contributed by atoms with Crippen LogP contribution >= 0.6 is 0 Å². The minimum Gasteiger partial charge on any atom is -0.337 e. The summed E-state index contributed by atoms with van der Waals surface area (Å²) < 4.78 is 0. The molecule has 23 heavy (non-hydrogen) atoms. The largest absolute Gasteiger partial charge is 0.337 e. The van der Waals surface area contributed by atoms with Gasteiger partial charge in [-0.2, -0.15) is 5.26 Å². The zero-order valence-corrected chi connectivity index (χ0v) is 14.5. The molecule has 4 nitrogen and oxygen atoms in total. The van der Waals surface area contributed by atoms with Crippen LogP contribution in [0.2, 0.25) is 0 Å². The Kier molecular flexibility index (Phi) is 5.11. The van der Waals surface area contributed by atoms with Gasteiger partial charge < -0.3 is 10.6 Å². The lowest BCUT2D eigenvalue weighted by Crippen LogP contribution is -2.50. The van der Waals surface area contributed by atoms with Gasteiger partial charge in [0.2, 0.25) is 5.91 Å². The van der Waals surface area contributed by atoms with Gasteiger partial charge in [0.1, 0.15) is 5.54 Å². The molecule has 4 heteroatoms. The first-order valence-corrected chi connectivity index (χ1v) is 8.27. The average molecular weight is 313 g/mol. The molecule has 2 atom stereocenters. The van der Waals surface area contributed by atoms with E-state index >= 15 is 0 Å². The summed E-state index contributed by atoms with van der Waals surface area (Å²) in [6.07, 6.45) is 2.04. The van der Waals surface area contributed by atoms with E-state index in [-0.39, 0.29) is 23.9 Å². The van der Waals surface area contributed by atoms with E-state index in [1.165, 1.54) is 0 Å². The normalized spacial score (nSPS) is 18.6. The first-order chi connectivity index (χ1) is 10.8. The first kappa shape index (κ1) is 17.5. The Morgan fingerprint density at radius 2 is 1.87 bits per heavy atom. The molecule has 0 aliphatic heterocycles. The van der Waals surface area contributed by atoms with Crippen molar-refractivity contribution in [3.05, 3.63) is 35.9 Å². The van der Waals surface area contributed by atoms with Crippen molar-refractivity contribution in [2.45, 2.75) is 52.1 Å². The molecule has 1 fully saturated rings. The maximum Gasteiger partial charge on any atom is 0.235 e. The Morgan fingerprint density at radius 3 is 2.35 bits per heavy atom. The fourth-order valence-electron chi connectivity index (χ4n) is 2.98. The number of carbonyl (C=O) groups is 1. The standard InChI is InChI=1S/C19H27N3O/c1-18(2,3)17(14-8-6-5-7-9-14)21-12-16(23)22-19(4,13-20)15-10-11-15/h5-9,15,17,21H,10-12H2,1-4H3,(H,22,23)/t17-,19+/m1/s1. The fourth-order valence-corrected chi connectivity index (χ4v) is 2.98. The van der Waals surface area contributed by atoms with Gasteiger partial charge in [0.15, 0.2) is 0 Å². The molecule has 0 saturated heterocycles. The molecule has 0 spiro atoms. The molecular formula is C19H27N3O. The Morgan fingerprint density at radius 1 is 1.26 bits per heavy atom. The van der Waals surface area contributed by atoms with Crippen LogP contribution in [0.4, 0.5) is 0 Å². The molecule has 1 aliphatic carbocycles. The third-order valence-electron chi connectivity index (χ3n) is 4.49. The van der Waals surface area contributed by atoms with E-state index in [2.05, 4.69) is 49.6 Å². The van der Waals surface area contributed by atoms with Gasteiger partial charge in [-0.3, -0.25) is 4.79 Å². The van der Waals surface area contributed by atoms with Crippen molar-refractivity contribution in [3.8, 4) is 6.07 Å². The van der Waals surface area contributed by atoms with Crippen LogP contribution in [0.1, 0.15) is 52.1 Å². The molecule has 1 amide bonds. The predicted octanol–water partition coefficient (Wildman–Crippen LogP) is 3.17. The van der Waals surface area contributed by atoms with Gasteiger partial charge >= 0.3 is 0 Å². The van der Waals surface area contributed by atoms with Crippen molar-refractivity contribution in [1.29, 1.82) is 5.26 Å². The van der Waals surface area contributed by atoms with Crippen molar-refractivity contribution in [2.24, 2.45) is 11.3 Å². The SMILES string of the molecule is CC(C)(C)[C@H](NCC(=O)N[C@@](C)(C#N)C1CC1)c1ccccc1. The van der Waals surface area contributed by atoms with E-state index in [0.717, 1.165) is 18.4 Å². The number of hydrogen-bond acceptors (Lipinski definition) is 3. The van der Waals surface area contributed by atoms with Crippen LogP contribution in [0.5, 0.6) is 0 Å². The maximum absolute atomic E-state index is 12.3. The topological polar surface area (TPSA) is 64.9 Å². The lowest BCUT2D eigenvalue weighted by atomic mass is 9.82. The molecule has 1 aliphatic rings. The van der Waals surface area contributed by atoms with Gasteiger partial charge in [-0.05, 0) is 36.7 Å². The lowest BCUT2D eigenvalue weighted by Gasteiger charge is -2.32. The smallest absolute Gasteiger partial charge is 0.235 e. The average Bonchev–Trinajstić information content (AvgIpc) is 3.32. The Balaban J connectivity index is 1.99. The molecule has 0 heterocycles. The highest BCUT2D eigenvalue weighted by Gasteiger charge is 2.43. The molecule has 2 N–H and O–H groups in total. The second kappa shape index (κ2) is 6.72. The molecule has 1 saturated carbocycles. The van der Waals surface area contributed by atoms with Gasteiger partial charge in [-0.1, -0.05) is 51.1 Å². The van der Waals surface area contributed by atoms with Gasteiger partial charge in [-0.15, -0.1) is 0 Å². The van der Waals surface area contributed by atoms with Crippen molar-refractivity contribution >= 4 is 5.91 Å². The summed E-state index contributed by atoms with van der Waals surface area (Å²) in [5.41, 5.74) is 0.414. The highest BCUT2D eigenvalue weighted by molar-refractivity contribution is 5.79. The minimum absolute atomic E-state index is 0.0172. The molecule has 1 aromatic rings. The van der Waals surface area contributed by atoms with E-state index in [1.54, 1.807) is 0 Å². The highest BCUT2D eigenvalue weighted by atomic mass is 16.2. The monoisotopic (exact) mass is 313 g/mol. The summed E-state index contributed by atoms with van der Waals surface area (Å²) in [6.45, 7) is 8.49. The third kappa shape index (κ3) is 4.56. The van der Waals surface area contributed by atoms with E-state index in [1.807, 2.05) is 25.1 Å². The fraction of sp³-hybridized carbons (Fsp3) is 0.579. The number of nitrogens with zero attached hydrogens (tertiary/aromatic N) is 1. The Labute approximate surface area is 139 Å². The van der Waals surface area contributed by atoms with Crippen molar-refractivity contribution in [2.75, 3.05) is 6.54 Å². The number of amides is 1. The van der Waals surface area contributed by atoms with E-state index < -0.39 is 5.54 Å². The Bertz CT molecular complexity index is 581. The quantitative estimate of drug-likeness (QED) is 0.848. The number of rotatable bonds is 6. The number of nitriles is 1. The summed E-state index contributed by atoms with van der Waals surface area (Å²) in [7, 11) is 0. The number of benzene rings is 1.